The first kappa shape index (κ1) is 12.6. The molecule has 17 heavy (non-hydrogen) atoms. The van der Waals surface area contributed by atoms with Gasteiger partial charge in [0.15, 0.2) is 5.82 Å². The molecule has 0 radical (unpaired) electrons. The van der Waals surface area contributed by atoms with E-state index in [9.17, 15) is 0 Å². The van der Waals surface area contributed by atoms with Gasteiger partial charge < -0.3 is 10.3 Å². The zero-order valence-electron chi connectivity index (χ0n) is 10.9. The number of rotatable bonds is 4. The first-order valence-electron chi connectivity index (χ1n) is 6.76. The zero-order chi connectivity index (χ0) is 12.3. The van der Waals surface area contributed by atoms with Crippen LogP contribution < -0.4 is 5.73 Å². The zero-order valence-corrected chi connectivity index (χ0v) is 10.9. The molecule has 1 saturated carbocycles. The van der Waals surface area contributed by atoms with E-state index < -0.39 is 0 Å². The minimum absolute atomic E-state index is 0.0608. The Morgan fingerprint density at radius 2 is 2.00 bits per heavy atom. The van der Waals surface area contributed by atoms with Crippen LogP contribution in [0.15, 0.2) is 4.52 Å². The Labute approximate surface area is 103 Å². The van der Waals surface area contributed by atoms with Gasteiger partial charge in [0, 0.05) is 5.92 Å². The van der Waals surface area contributed by atoms with Crippen molar-refractivity contribution in [3.8, 4) is 0 Å². The largest absolute Gasteiger partial charge is 0.339 e. The van der Waals surface area contributed by atoms with Crippen LogP contribution in [0.2, 0.25) is 0 Å². The predicted octanol–water partition coefficient (Wildman–Crippen LogP) is 3.16. The molecule has 1 unspecified atom stereocenters. The number of nitrogens with zero attached hydrogens (tertiary/aromatic N) is 2. The van der Waals surface area contributed by atoms with Gasteiger partial charge in [-0.25, -0.2) is 0 Å². The molecule has 2 N–H and O–H groups in total. The quantitative estimate of drug-likeness (QED) is 0.873. The van der Waals surface area contributed by atoms with Crippen molar-refractivity contribution in [2.75, 3.05) is 0 Å². The Bertz CT molecular complexity index is 342. The van der Waals surface area contributed by atoms with E-state index >= 15 is 0 Å². The maximum atomic E-state index is 6.15. The molecule has 1 heterocycles. The van der Waals surface area contributed by atoms with Crippen molar-refractivity contribution in [3.05, 3.63) is 11.7 Å². The second-order valence-corrected chi connectivity index (χ2v) is 5.49. The summed E-state index contributed by atoms with van der Waals surface area (Å²) in [6.07, 6.45) is 7.69. The van der Waals surface area contributed by atoms with Gasteiger partial charge in [-0.2, -0.15) is 4.98 Å². The summed E-state index contributed by atoms with van der Waals surface area (Å²) in [7, 11) is 0. The molecule has 0 amide bonds. The van der Waals surface area contributed by atoms with Crippen molar-refractivity contribution in [1.82, 2.24) is 10.1 Å². The van der Waals surface area contributed by atoms with Crippen molar-refractivity contribution in [2.24, 2.45) is 11.7 Å². The lowest BCUT2D eigenvalue weighted by molar-refractivity contribution is 0.309. The molecule has 0 saturated heterocycles. The van der Waals surface area contributed by atoms with Crippen molar-refractivity contribution in [2.45, 2.75) is 64.3 Å². The highest BCUT2D eigenvalue weighted by Crippen LogP contribution is 2.30. The van der Waals surface area contributed by atoms with Crippen molar-refractivity contribution in [1.29, 1.82) is 0 Å². The molecule has 0 bridgehead atoms. The summed E-state index contributed by atoms with van der Waals surface area (Å²) < 4.78 is 5.20. The van der Waals surface area contributed by atoms with Crippen LogP contribution in [0.5, 0.6) is 0 Å². The van der Waals surface area contributed by atoms with Crippen LogP contribution in [0.25, 0.3) is 0 Å². The van der Waals surface area contributed by atoms with Gasteiger partial charge in [-0.15, -0.1) is 0 Å². The van der Waals surface area contributed by atoms with Gasteiger partial charge in [-0.3, -0.25) is 0 Å². The van der Waals surface area contributed by atoms with Crippen LogP contribution in [0.1, 0.15) is 76.0 Å². The third kappa shape index (κ3) is 3.28. The Morgan fingerprint density at radius 3 is 2.59 bits per heavy atom. The van der Waals surface area contributed by atoms with Crippen LogP contribution in [-0.4, -0.2) is 10.1 Å². The average Bonchev–Trinajstić information content (AvgIpc) is 2.79. The molecule has 4 heteroatoms. The van der Waals surface area contributed by atoms with Crippen molar-refractivity contribution >= 4 is 0 Å². The molecule has 0 aliphatic heterocycles. The summed E-state index contributed by atoms with van der Waals surface area (Å²) in [6, 6.07) is -0.0608. The lowest BCUT2D eigenvalue weighted by atomic mass is 9.85. The van der Waals surface area contributed by atoms with E-state index in [1.807, 2.05) is 13.8 Å². The molecular weight excluding hydrogens is 214 g/mol. The highest BCUT2D eigenvalue weighted by molar-refractivity contribution is 4.96. The maximum absolute atomic E-state index is 6.15. The molecule has 96 valence electrons. The first-order valence-corrected chi connectivity index (χ1v) is 6.76. The van der Waals surface area contributed by atoms with E-state index in [0.29, 0.717) is 11.7 Å². The lowest BCUT2D eigenvalue weighted by Crippen LogP contribution is -2.18. The Hall–Kier alpha value is -0.900. The molecule has 0 aromatic carbocycles. The van der Waals surface area contributed by atoms with E-state index in [1.165, 1.54) is 32.1 Å². The summed E-state index contributed by atoms with van der Waals surface area (Å²) in [5, 5.41) is 3.99. The summed E-state index contributed by atoms with van der Waals surface area (Å²) in [6.45, 7) is 4.09. The van der Waals surface area contributed by atoms with Gasteiger partial charge >= 0.3 is 0 Å². The molecule has 1 aromatic heterocycles. The van der Waals surface area contributed by atoms with Crippen molar-refractivity contribution in [3.63, 3.8) is 0 Å². The van der Waals surface area contributed by atoms with Gasteiger partial charge in [-0.05, 0) is 12.3 Å². The van der Waals surface area contributed by atoms with E-state index in [2.05, 4.69) is 10.1 Å². The number of hydrogen-bond donors (Lipinski definition) is 1. The SMILES string of the molecule is CC(C)c1nc(C(N)CC2CCCCC2)no1. The Kier molecular flexibility index (Phi) is 4.15. The van der Waals surface area contributed by atoms with E-state index in [1.54, 1.807) is 0 Å². The molecule has 1 atom stereocenters. The monoisotopic (exact) mass is 237 g/mol. The molecule has 1 fully saturated rings. The second kappa shape index (κ2) is 5.63. The highest BCUT2D eigenvalue weighted by atomic mass is 16.5. The maximum Gasteiger partial charge on any atom is 0.229 e. The fourth-order valence-electron chi connectivity index (χ4n) is 2.52. The van der Waals surface area contributed by atoms with Gasteiger partial charge in [0.25, 0.3) is 0 Å². The third-order valence-electron chi connectivity index (χ3n) is 3.60. The van der Waals surface area contributed by atoms with Crippen LogP contribution in [-0.2, 0) is 0 Å². The van der Waals surface area contributed by atoms with Crippen molar-refractivity contribution < 1.29 is 4.52 Å². The molecule has 4 nitrogen and oxygen atoms in total. The number of nitrogens with two attached hydrogens (primary N) is 1. The van der Waals surface area contributed by atoms with E-state index in [4.69, 9.17) is 10.3 Å². The van der Waals surface area contributed by atoms with E-state index in [-0.39, 0.29) is 12.0 Å². The lowest BCUT2D eigenvalue weighted by Gasteiger charge is -2.23. The van der Waals surface area contributed by atoms with Crippen LogP contribution in [0.4, 0.5) is 0 Å². The molecule has 2 rings (SSSR count). The molecule has 1 aliphatic rings. The molecule has 1 aromatic rings. The Balaban J connectivity index is 1.91. The summed E-state index contributed by atoms with van der Waals surface area (Å²) in [5.41, 5.74) is 6.15. The smallest absolute Gasteiger partial charge is 0.229 e. The number of aromatic nitrogens is 2. The summed E-state index contributed by atoms with van der Waals surface area (Å²) in [4.78, 5) is 4.37. The molecule has 0 spiro atoms. The fraction of sp³-hybridized carbons (Fsp3) is 0.846. The topological polar surface area (TPSA) is 64.9 Å². The number of hydrogen-bond acceptors (Lipinski definition) is 4. The van der Waals surface area contributed by atoms with Crippen LogP contribution in [0, 0.1) is 5.92 Å². The van der Waals surface area contributed by atoms with Crippen LogP contribution in [0.3, 0.4) is 0 Å². The van der Waals surface area contributed by atoms with Gasteiger partial charge in [-0.1, -0.05) is 51.1 Å². The first-order chi connectivity index (χ1) is 8.16. The van der Waals surface area contributed by atoms with Gasteiger partial charge in [0.2, 0.25) is 5.89 Å². The van der Waals surface area contributed by atoms with E-state index in [0.717, 1.165) is 12.3 Å². The van der Waals surface area contributed by atoms with Gasteiger partial charge in [0.05, 0.1) is 6.04 Å². The molecule has 1 aliphatic carbocycles. The highest BCUT2D eigenvalue weighted by Gasteiger charge is 2.21. The average molecular weight is 237 g/mol. The minimum atomic E-state index is -0.0608. The second-order valence-electron chi connectivity index (χ2n) is 5.49. The predicted molar refractivity (Wildman–Crippen MR) is 66.5 cm³/mol. The standard InChI is InChI=1S/C13H23N3O/c1-9(2)13-15-12(16-17-13)11(14)8-10-6-4-3-5-7-10/h9-11H,3-8,14H2,1-2H3. The minimum Gasteiger partial charge on any atom is -0.339 e. The van der Waals surface area contributed by atoms with Gasteiger partial charge in [0.1, 0.15) is 0 Å². The molecular formula is C13H23N3O. The van der Waals surface area contributed by atoms with Crippen LogP contribution >= 0.6 is 0 Å². The summed E-state index contributed by atoms with van der Waals surface area (Å²) in [5.74, 6) is 2.40. The fourth-order valence-corrected chi connectivity index (χ4v) is 2.52. The normalized spacial score (nSPS) is 19.8. The summed E-state index contributed by atoms with van der Waals surface area (Å²) >= 11 is 0. The Morgan fingerprint density at radius 1 is 1.29 bits per heavy atom. The third-order valence-corrected chi connectivity index (χ3v) is 3.60.